The Morgan fingerprint density at radius 1 is 1.38 bits per heavy atom. The standard InChI is InChI=1S/C14H22N2/c1-11-4-5-14(12(2)8-11)10-16-7-6-15-13(3)9-16/h4-5,8,13,15H,6-7,9-10H2,1-3H3. The molecule has 2 heteroatoms. The van der Waals surface area contributed by atoms with Crippen LogP contribution >= 0.6 is 0 Å². The minimum Gasteiger partial charge on any atom is -0.312 e. The number of rotatable bonds is 2. The van der Waals surface area contributed by atoms with Crippen LogP contribution in [-0.4, -0.2) is 30.6 Å². The number of piperazine rings is 1. The van der Waals surface area contributed by atoms with Gasteiger partial charge in [0.05, 0.1) is 0 Å². The number of benzene rings is 1. The van der Waals surface area contributed by atoms with Gasteiger partial charge in [-0.25, -0.2) is 0 Å². The van der Waals surface area contributed by atoms with Crippen molar-refractivity contribution in [2.75, 3.05) is 19.6 Å². The molecule has 1 aliphatic heterocycles. The van der Waals surface area contributed by atoms with E-state index in [4.69, 9.17) is 0 Å². The molecule has 88 valence electrons. The van der Waals surface area contributed by atoms with Gasteiger partial charge in [0.25, 0.3) is 0 Å². The molecule has 0 spiro atoms. The molecule has 0 amide bonds. The molecule has 0 radical (unpaired) electrons. The molecule has 0 aliphatic carbocycles. The van der Waals surface area contributed by atoms with Gasteiger partial charge in [0.1, 0.15) is 0 Å². The average molecular weight is 218 g/mol. The number of nitrogens with zero attached hydrogens (tertiary/aromatic N) is 1. The van der Waals surface area contributed by atoms with E-state index in [1.165, 1.54) is 16.7 Å². The summed E-state index contributed by atoms with van der Waals surface area (Å²) in [5, 5.41) is 3.48. The molecule has 1 heterocycles. The number of nitrogens with one attached hydrogen (secondary N) is 1. The van der Waals surface area contributed by atoms with Crippen LogP contribution in [0.4, 0.5) is 0 Å². The Hall–Kier alpha value is -0.860. The van der Waals surface area contributed by atoms with Crippen LogP contribution < -0.4 is 5.32 Å². The highest BCUT2D eigenvalue weighted by atomic mass is 15.2. The van der Waals surface area contributed by atoms with Gasteiger partial charge in [-0.15, -0.1) is 0 Å². The Kier molecular flexibility index (Phi) is 3.62. The van der Waals surface area contributed by atoms with E-state index in [1.54, 1.807) is 0 Å². The van der Waals surface area contributed by atoms with Crippen LogP contribution in [0.1, 0.15) is 23.6 Å². The highest BCUT2D eigenvalue weighted by Gasteiger charge is 2.15. The minimum absolute atomic E-state index is 0.625. The maximum Gasteiger partial charge on any atom is 0.0237 e. The summed E-state index contributed by atoms with van der Waals surface area (Å²) in [6, 6.07) is 7.39. The summed E-state index contributed by atoms with van der Waals surface area (Å²) >= 11 is 0. The van der Waals surface area contributed by atoms with Crippen molar-refractivity contribution < 1.29 is 0 Å². The first-order chi connectivity index (χ1) is 7.65. The third kappa shape index (κ3) is 2.83. The Morgan fingerprint density at radius 2 is 2.19 bits per heavy atom. The third-order valence-corrected chi connectivity index (χ3v) is 3.34. The van der Waals surface area contributed by atoms with Gasteiger partial charge in [0.15, 0.2) is 0 Å². The van der Waals surface area contributed by atoms with Crippen molar-refractivity contribution >= 4 is 0 Å². The van der Waals surface area contributed by atoms with Crippen molar-refractivity contribution in [3.63, 3.8) is 0 Å². The highest BCUT2D eigenvalue weighted by Crippen LogP contribution is 2.14. The molecule has 1 fully saturated rings. The first kappa shape index (κ1) is 11.6. The van der Waals surface area contributed by atoms with Gasteiger partial charge >= 0.3 is 0 Å². The van der Waals surface area contributed by atoms with Gasteiger partial charge in [0, 0.05) is 32.2 Å². The second-order valence-electron chi connectivity index (χ2n) is 5.02. The fraction of sp³-hybridized carbons (Fsp3) is 0.571. The molecule has 16 heavy (non-hydrogen) atoms. The van der Waals surface area contributed by atoms with Gasteiger partial charge in [0.2, 0.25) is 0 Å². The van der Waals surface area contributed by atoms with Crippen LogP contribution in [0.5, 0.6) is 0 Å². The van der Waals surface area contributed by atoms with Gasteiger partial charge in [-0.2, -0.15) is 0 Å². The lowest BCUT2D eigenvalue weighted by Gasteiger charge is -2.32. The monoisotopic (exact) mass is 218 g/mol. The summed E-state index contributed by atoms with van der Waals surface area (Å²) in [7, 11) is 0. The molecule has 1 unspecified atom stereocenters. The SMILES string of the molecule is Cc1ccc(CN2CCNC(C)C2)c(C)c1. The molecule has 1 N–H and O–H groups in total. The largest absolute Gasteiger partial charge is 0.312 e. The summed E-state index contributed by atoms with van der Waals surface area (Å²) in [6.07, 6.45) is 0. The molecular formula is C14H22N2. The average Bonchev–Trinajstić information content (AvgIpc) is 2.22. The number of aryl methyl sites for hydroxylation is 2. The lowest BCUT2D eigenvalue weighted by atomic mass is 10.0. The van der Waals surface area contributed by atoms with Crippen LogP contribution in [-0.2, 0) is 6.54 Å². The summed E-state index contributed by atoms with van der Waals surface area (Å²) in [5.74, 6) is 0. The van der Waals surface area contributed by atoms with Gasteiger partial charge < -0.3 is 5.32 Å². The van der Waals surface area contributed by atoms with Crippen molar-refractivity contribution in [3.05, 3.63) is 34.9 Å². The summed E-state index contributed by atoms with van der Waals surface area (Å²) in [4.78, 5) is 2.54. The summed E-state index contributed by atoms with van der Waals surface area (Å²) in [5.41, 5.74) is 4.25. The molecule has 1 aliphatic rings. The molecule has 2 nitrogen and oxygen atoms in total. The maximum absolute atomic E-state index is 3.48. The molecule has 1 aromatic carbocycles. The van der Waals surface area contributed by atoms with E-state index in [-0.39, 0.29) is 0 Å². The van der Waals surface area contributed by atoms with Crippen molar-refractivity contribution in [1.82, 2.24) is 10.2 Å². The predicted octanol–water partition coefficient (Wildman–Crippen LogP) is 2.10. The number of hydrogen-bond donors (Lipinski definition) is 1. The van der Waals surface area contributed by atoms with Crippen LogP contribution in [0.2, 0.25) is 0 Å². The van der Waals surface area contributed by atoms with E-state index >= 15 is 0 Å². The Bertz CT molecular complexity index is 360. The Labute approximate surface area is 98.7 Å². The molecule has 0 saturated carbocycles. The Morgan fingerprint density at radius 3 is 2.88 bits per heavy atom. The normalized spacial score (nSPS) is 22.3. The maximum atomic E-state index is 3.48. The van der Waals surface area contributed by atoms with E-state index < -0.39 is 0 Å². The van der Waals surface area contributed by atoms with Crippen LogP contribution in [0.25, 0.3) is 0 Å². The van der Waals surface area contributed by atoms with Crippen LogP contribution in [0.15, 0.2) is 18.2 Å². The van der Waals surface area contributed by atoms with E-state index in [0.717, 1.165) is 26.2 Å². The van der Waals surface area contributed by atoms with E-state index in [2.05, 4.69) is 49.2 Å². The predicted molar refractivity (Wildman–Crippen MR) is 68.7 cm³/mol. The third-order valence-electron chi connectivity index (χ3n) is 3.34. The summed E-state index contributed by atoms with van der Waals surface area (Å²) < 4.78 is 0. The second-order valence-corrected chi connectivity index (χ2v) is 5.02. The number of hydrogen-bond acceptors (Lipinski definition) is 2. The van der Waals surface area contributed by atoms with E-state index in [1.807, 2.05) is 0 Å². The van der Waals surface area contributed by atoms with Gasteiger partial charge in [-0.05, 0) is 31.9 Å². The zero-order valence-electron chi connectivity index (χ0n) is 10.6. The van der Waals surface area contributed by atoms with Crippen LogP contribution in [0.3, 0.4) is 0 Å². The summed E-state index contributed by atoms with van der Waals surface area (Å²) in [6.45, 7) is 11.2. The zero-order valence-corrected chi connectivity index (χ0v) is 10.6. The minimum atomic E-state index is 0.625. The molecule has 1 aromatic rings. The lowest BCUT2D eigenvalue weighted by molar-refractivity contribution is 0.199. The van der Waals surface area contributed by atoms with E-state index in [9.17, 15) is 0 Å². The fourth-order valence-corrected chi connectivity index (χ4v) is 2.42. The highest BCUT2D eigenvalue weighted by molar-refractivity contribution is 5.30. The van der Waals surface area contributed by atoms with Crippen molar-refractivity contribution in [2.24, 2.45) is 0 Å². The molecule has 2 rings (SSSR count). The fourth-order valence-electron chi connectivity index (χ4n) is 2.42. The smallest absolute Gasteiger partial charge is 0.0237 e. The van der Waals surface area contributed by atoms with Crippen LogP contribution in [0, 0.1) is 13.8 Å². The first-order valence-electron chi connectivity index (χ1n) is 6.17. The van der Waals surface area contributed by atoms with Crippen molar-refractivity contribution in [2.45, 2.75) is 33.4 Å². The molecule has 1 atom stereocenters. The second kappa shape index (κ2) is 4.98. The molecule has 0 bridgehead atoms. The first-order valence-corrected chi connectivity index (χ1v) is 6.17. The lowest BCUT2D eigenvalue weighted by Crippen LogP contribution is -2.48. The van der Waals surface area contributed by atoms with Crippen molar-refractivity contribution in [3.8, 4) is 0 Å². The van der Waals surface area contributed by atoms with Gasteiger partial charge in [-0.3, -0.25) is 4.90 Å². The van der Waals surface area contributed by atoms with Gasteiger partial charge in [-0.1, -0.05) is 23.8 Å². The zero-order chi connectivity index (χ0) is 11.5. The topological polar surface area (TPSA) is 15.3 Å². The van der Waals surface area contributed by atoms with E-state index in [0.29, 0.717) is 6.04 Å². The molecule has 0 aromatic heterocycles. The Balaban J connectivity index is 2.02. The molecule has 1 saturated heterocycles. The quantitative estimate of drug-likeness (QED) is 0.818. The molecular weight excluding hydrogens is 196 g/mol. The van der Waals surface area contributed by atoms with Crippen molar-refractivity contribution in [1.29, 1.82) is 0 Å².